The minimum atomic E-state index is -1.82. The predicted molar refractivity (Wildman–Crippen MR) is 54.1 cm³/mol. The first-order valence-corrected chi connectivity index (χ1v) is 7.35. The number of hydrogen-bond acceptors (Lipinski definition) is 0. The van der Waals surface area contributed by atoms with Crippen LogP contribution in [0.5, 0.6) is 0 Å². The van der Waals surface area contributed by atoms with Gasteiger partial charge in [-0.3, -0.25) is 0 Å². The van der Waals surface area contributed by atoms with Gasteiger partial charge < -0.3 is 0 Å². The van der Waals surface area contributed by atoms with Gasteiger partial charge in [0.2, 0.25) is 0 Å². The third kappa shape index (κ3) is 8.96. The third-order valence-corrected chi connectivity index (χ3v) is 3.17. The van der Waals surface area contributed by atoms with Crippen LogP contribution in [0.3, 0.4) is 0 Å². The van der Waals surface area contributed by atoms with Crippen molar-refractivity contribution in [2.24, 2.45) is 0 Å². The maximum Gasteiger partial charge on any atom is 0.0165 e. The molecule has 0 amide bonds. The van der Waals surface area contributed by atoms with E-state index >= 15 is 0 Å². The average Bonchev–Trinajstić information content (AvgIpc) is 1.78. The van der Waals surface area contributed by atoms with Crippen LogP contribution in [0, 0.1) is 0 Å². The SMILES string of the molecule is C=CCCCCS(Cl)(Cl)Cl. The molecular formula is C6H11Cl3S. The largest absolute Gasteiger partial charge is 0.103 e. The lowest BCUT2D eigenvalue weighted by molar-refractivity contribution is 0.824. The molecule has 0 aliphatic rings. The fraction of sp³-hybridized carbons (Fsp3) is 0.667. The van der Waals surface area contributed by atoms with Gasteiger partial charge >= 0.3 is 0 Å². The van der Waals surface area contributed by atoms with E-state index in [4.69, 9.17) is 32.0 Å². The van der Waals surface area contributed by atoms with Crippen LogP contribution in [0.4, 0.5) is 0 Å². The molecule has 0 atom stereocenters. The van der Waals surface area contributed by atoms with Crippen molar-refractivity contribution in [3.8, 4) is 0 Å². The van der Waals surface area contributed by atoms with Crippen molar-refractivity contribution in [1.82, 2.24) is 0 Å². The maximum absolute atomic E-state index is 5.60. The lowest BCUT2D eigenvalue weighted by atomic mass is 10.2. The molecule has 10 heavy (non-hydrogen) atoms. The van der Waals surface area contributed by atoms with Crippen LogP contribution in [-0.4, -0.2) is 5.75 Å². The van der Waals surface area contributed by atoms with E-state index in [1.807, 2.05) is 6.08 Å². The molecule has 62 valence electrons. The zero-order valence-corrected chi connectivity index (χ0v) is 8.74. The monoisotopic (exact) mass is 220 g/mol. The Morgan fingerprint density at radius 3 is 2.20 bits per heavy atom. The van der Waals surface area contributed by atoms with Crippen LogP contribution in [-0.2, 0) is 0 Å². The van der Waals surface area contributed by atoms with Crippen LogP contribution >= 0.6 is 39.7 Å². The molecule has 0 bridgehead atoms. The maximum atomic E-state index is 5.60. The zero-order chi connectivity index (χ0) is 8.04. The van der Waals surface area contributed by atoms with E-state index in [1.165, 1.54) is 0 Å². The number of rotatable bonds is 5. The number of halogens is 3. The van der Waals surface area contributed by atoms with E-state index in [0.29, 0.717) is 5.75 Å². The summed E-state index contributed by atoms with van der Waals surface area (Å²) in [6, 6.07) is 0. The molecule has 0 rings (SSSR count). The Hall–Kier alpha value is 0.960. The highest BCUT2D eigenvalue weighted by atomic mass is 36.2. The topological polar surface area (TPSA) is 0 Å². The van der Waals surface area contributed by atoms with E-state index in [0.717, 1.165) is 19.3 Å². The molecule has 0 saturated carbocycles. The highest BCUT2D eigenvalue weighted by Gasteiger charge is 2.11. The first kappa shape index (κ1) is 11.0. The smallest absolute Gasteiger partial charge is 0.0165 e. The summed E-state index contributed by atoms with van der Waals surface area (Å²) in [6.45, 7) is 3.60. The summed E-state index contributed by atoms with van der Waals surface area (Å²) in [4.78, 5) is 0. The Labute approximate surface area is 77.4 Å². The summed E-state index contributed by atoms with van der Waals surface area (Å²) in [7, 11) is 15.0. The summed E-state index contributed by atoms with van der Waals surface area (Å²) >= 11 is 0. The van der Waals surface area contributed by atoms with Gasteiger partial charge in [0, 0.05) is 5.75 Å². The van der Waals surface area contributed by atoms with Crippen molar-refractivity contribution in [3.63, 3.8) is 0 Å². The Morgan fingerprint density at radius 1 is 1.20 bits per heavy atom. The Bertz CT molecular complexity index is 97.7. The van der Waals surface area contributed by atoms with E-state index in [2.05, 4.69) is 6.58 Å². The highest BCUT2D eigenvalue weighted by molar-refractivity contribution is 8.79. The van der Waals surface area contributed by atoms with E-state index in [1.54, 1.807) is 0 Å². The van der Waals surface area contributed by atoms with Crippen molar-refractivity contribution >= 4 is 39.7 Å². The zero-order valence-electron chi connectivity index (χ0n) is 5.66. The first-order chi connectivity index (χ1) is 4.56. The van der Waals surface area contributed by atoms with Gasteiger partial charge in [0.25, 0.3) is 0 Å². The molecule has 0 fully saturated rings. The van der Waals surface area contributed by atoms with Gasteiger partial charge in [-0.1, -0.05) is 6.08 Å². The van der Waals surface area contributed by atoms with Gasteiger partial charge in [-0.25, -0.2) is 0 Å². The summed E-state index contributed by atoms with van der Waals surface area (Å²) in [5, 5.41) is 0. The van der Waals surface area contributed by atoms with Gasteiger partial charge in [-0.2, -0.15) is 0 Å². The molecule has 0 aromatic carbocycles. The minimum absolute atomic E-state index is 0.714. The standard InChI is InChI=1S/C6H11Cl3S/c1-2-3-4-5-6-10(7,8)9/h2H,1,3-6H2. The lowest BCUT2D eigenvalue weighted by Gasteiger charge is -2.13. The molecule has 0 aliphatic carbocycles. The van der Waals surface area contributed by atoms with Gasteiger partial charge in [0.1, 0.15) is 0 Å². The van der Waals surface area contributed by atoms with Gasteiger partial charge in [-0.15, -0.1) is 6.58 Å². The highest BCUT2D eigenvalue weighted by Crippen LogP contribution is 2.63. The van der Waals surface area contributed by atoms with Crippen molar-refractivity contribution in [2.75, 3.05) is 5.75 Å². The predicted octanol–water partition coefficient (Wildman–Crippen LogP) is 4.61. The summed E-state index contributed by atoms with van der Waals surface area (Å²) in [5.74, 6) is 0.714. The van der Waals surface area contributed by atoms with E-state index < -0.39 is 7.67 Å². The number of allylic oxidation sites excluding steroid dienone is 1. The fourth-order valence-corrected chi connectivity index (χ4v) is 2.07. The van der Waals surface area contributed by atoms with Crippen LogP contribution < -0.4 is 0 Å². The number of hydrogen-bond donors (Lipinski definition) is 0. The number of unbranched alkanes of at least 4 members (excludes halogenated alkanes) is 2. The Balaban J connectivity index is 3.12. The fourth-order valence-electron chi connectivity index (χ4n) is 0.554. The van der Waals surface area contributed by atoms with Crippen molar-refractivity contribution in [1.29, 1.82) is 0 Å². The normalized spacial score (nSPS) is 13.1. The molecule has 0 radical (unpaired) electrons. The molecule has 0 aliphatic heterocycles. The third-order valence-electron chi connectivity index (χ3n) is 1.03. The van der Waals surface area contributed by atoms with Crippen molar-refractivity contribution in [2.45, 2.75) is 19.3 Å². The van der Waals surface area contributed by atoms with E-state index in [-0.39, 0.29) is 0 Å². The lowest BCUT2D eigenvalue weighted by Crippen LogP contribution is -1.83. The van der Waals surface area contributed by atoms with Crippen LogP contribution in [0.15, 0.2) is 12.7 Å². The average molecular weight is 222 g/mol. The van der Waals surface area contributed by atoms with Crippen molar-refractivity contribution in [3.05, 3.63) is 12.7 Å². The summed E-state index contributed by atoms with van der Waals surface area (Å²) in [5.41, 5.74) is 0. The van der Waals surface area contributed by atoms with Crippen molar-refractivity contribution < 1.29 is 0 Å². The molecule has 0 N–H and O–H groups in total. The minimum Gasteiger partial charge on any atom is -0.103 e. The molecule has 4 heteroatoms. The molecule has 0 spiro atoms. The molecule has 0 unspecified atom stereocenters. The summed E-state index contributed by atoms with van der Waals surface area (Å²) < 4.78 is 0. The first-order valence-electron chi connectivity index (χ1n) is 3.07. The molecule has 0 heterocycles. The second kappa shape index (κ2) is 5.59. The Kier molecular flexibility index (Phi) is 6.13. The molecular weight excluding hydrogens is 210 g/mol. The van der Waals surface area contributed by atoms with Gasteiger partial charge in [0.05, 0.1) is 0 Å². The van der Waals surface area contributed by atoms with Crippen LogP contribution in [0.2, 0.25) is 0 Å². The molecule has 0 saturated heterocycles. The van der Waals surface area contributed by atoms with Gasteiger partial charge in [-0.05, 0) is 59.0 Å². The molecule has 0 aromatic heterocycles. The second-order valence-electron chi connectivity index (χ2n) is 1.99. The van der Waals surface area contributed by atoms with Gasteiger partial charge in [0.15, 0.2) is 0 Å². The quantitative estimate of drug-likeness (QED) is 0.470. The van der Waals surface area contributed by atoms with E-state index in [9.17, 15) is 0 Å². The molecule has 0 nitrogen and oxygen atoms in total. The van der Waals surface area contributed by atoms with Crippen LogP contribution in [0.25, 0.3) is 0 Å². The Morgan fingerprint density at radius 2 is 1.80 bits per heavy atom. The molecule has 0 aromatic rings. The van der Waals surface area contributed by atoms with Crippen LogP contribution in [0.1, 0.15) is 19.3 Å². The second-order valence-corrected chi connectivity index (χ2v) is 9.57. The summed E-state index contributed by atoms with van der Waals surface area (Å²) in [6.07, 6.45) is 4.95.